The van der Waals surface area contributed by atoms with Crippen molar-refractivity contribution in [3.8, 4) is 0 Å². The van der Waals surface area contributed by atoms with Crippen LogP contribution in [0, 0.1) is 0 Å². The van der Waals surface area contributed by atoms with Crippen LogP contribution in [-0.4, -0.2) is 6.29 Å². The molecule has 0 spiro atoms. The molecule has 0 aliphatic carbocycles. The van der Waals surface area contributed by atoms with Gasteiger partial charge in [-0.3, -0.25) is 4.79 Å². The van der Waals surface area contributed by atoms with E-state index in [9.17, 15) is 4.79 Å². The molecule has 0 saturated heterocycles. The van der Waals surface area contributed by atoms with Gasteiger partial charge in [0.1, 0.15) is 6.29 Å². The van der Waals surface area contributed by atoms with Crippen molar-refractivity contribution in [1.29, 1.82) is 0 Å². The molecular weight excluding hydrogens is 148 g/mol. The molecule has 10 heavy (non-hydrogen) atoms. The van der Waals surface area contributed by atoms with E-state index in [1.807, 2.05) is 12.1 Å². The minimum Gasteiger partial charge on any atom is -0.298 e. The molecule has 0 bridgehead atoms. The van der Waals surface area contributed by atoms with Crippen LogP contribution >= 0.6 is 11.6 Å². The van der Waals surface area contributed by atoms with E-state index < -0.39 is 0 Å². The van der Waals surface area contributed by atoms with E-state index >= 15 is 0 Å². The molecule has 0 unspecified atom stereocenters. The third kappa shape index (κ3) is 1.58. The summed E-state index contributed by atoms with van der Waals surface area (Å²) < 4.78 is 0. The zero-order valence-corrected chi connectivity index (χ0v) is 6.14. The number of benzene rings is 1. The largest absolute Gasteiger partial charge is 0.298 e. The zero-order valence-electron chi connectivity index (χ0n) is 5.38. The number of hydrogen-bond acceptors (Lipinski definition) is 1. The maximum Gasteiger partial charge on any atom is 0.150 e. The fraction of sp³-hybridized carbons (Fsp3) is 0.125. The second-order valence-electron chi connectivity index (χ2n) is 2.00. The monoisotopic (exact) mass is 154 g/mol. The SMILES string of the molecule is O=Cc1cccc(CCl)c1. The number of alkyl halides is 1. The lowest BCUT2D eigenvalue weighted by atomic mass is 10.2. The highest BCUT2D eigenvalue weighted by Gasteiger charge is 1.90. The van der Waals surface area contributed by atoms with E-state index in [1.54, 1.807) is 12.1 Å². The molecule has 1 nitrogen and oxygen atoms in total. The summed E-state index contributed by atoms with van der Waals surface area (Å²) in [5.74, 6) is 0.460. The first kappa shape index (κ1) is 7.29. The van der Waals surface area contributed by atoms with Gasteiger partial charge in [0.05, 0.1) is 0 Å². The quantitative estimate of drug-likeness (QED) is 0.472. The molecule has 0 aliphatic heterocycles. The van der Waals surface area contributed by atoms with Gasteiger partial charge in [-0.1, -0.05) is 18.2 Å². The van der Waals surface area contributed by atoms with Crippen molar-refractivity contribution in [2.45, 2.75) is 5.88 Å². The van der Waals surface area contributed by atoms with Gasteiger partial charge in [-0.15, -0.1) is 11.6 Å². The van der Waals surface area contributed by atoms with E-state index in [4.69, 9.17) is 11.6 Å². The van der Waals surface area contributed by atoms with Crippen molar-refractivity contribution >= 4 is 17.9 Å². The van der Waals surface area contributed by atoms with Gasteiger partial charge in [0.15, 0.2) is 0 Å². The molecular formula is C8H7ClO. The lowest BCUT2D eigenvalue weighted by molar-refractivity contribution is 0.112. The van der Waals surface area contributed by atoms with Crippen molar-refractivity contribution in [3.05, 3.63) is 35.4 Å². The van der Waals surface area contributed by atoms with Gasteiger partial charge in [-0.25, -0.2) is 0 Å². The predicted molar refractivity (Wildman–Crippen MR) is 41.4 cm³/mol. The van der Waals surface area contributed by atoms with Crippen LogP contribution in [0.3, 0.4) is 0 Å². The highest BCUT2D eigenvalue weighted by atomic mass is 35.5. The molecule has 0 radical (unpaired) electrons. The number of carbonyl (C=O) groups excluding carboxylic acids is 1. The maximum atomic E-state index is 10.2. The van der Waals surface area contributed by atoms with Crippen molar-refractivity contribution in [2.75, 3.05) is 0 Å². The second-order valence-corrected chi connectivity index (χ2v) is 2.26. The summed E-state index contributed by atoms with van der Waals surface area (Å²) in [6, 6.07) is 7.24. The molecule has 0 aromatic heterocycles. The number of carbonyl (C=O) groups is 1. The van der Waals surface area contributed by atoms with Crippen molar-refractivity contribution < 1.29 is 4.79 Å². The van der Waals surface area contributed by atoms with Crippen molar-refractivity contribution in [2.24, 2.45) is 0 Å². The van der Waals surface area contributed by atoms with Crippen LogP contribution in [0.15, 0.2) is 24.3 Å². The fourth-order valence-corrected chi connectivity index (χ4v) is 0.916. The summed E-state index contributed by atoms with van der Waals surface area (Å²) in [5, 5.41) is 0. The average molecular weight is 155 g/mol. The van der Waals surface area contributed by atoms with Gasteiger partial charge in [-0.2, -0.15) is 0 Å². The molecule has 0 saturated carbocycles. The maximum absolute atomic E-state index is 10.2. The molecule has 1 rings (SSSR count). The Balaban J connectivity index is 2.98. The Kier molecular flexibility index (Phi) is 2.46. The Hall–Kier alpha value is -0.820. The molecule has 52 valence electrons. The second kappa shape index (κ2) is 3.37. The summed E-state index contributed by atoms with van der Waals surface area (Å²) in [5.41, 5.74) is 1.66. The summed E-state index contributed by atoms with van der Waals surface area (Å²) in [6.45, 7) is 0. The van der Waals surface area contributed by atoms with Gasteiger partial charge >= 0.3 is 0 Å². The summed E-state index contributed by atoms with van der Waals surface area (Å²) in [4.78, 5) is 10.2. The lowest BCUT2D eigenvalue weighted by Crippen LogP contribution is -1.81. The van der Waals surface area contributed by atoms with Crippen LogP contribution in [0.5, 0.6) is 0 Å². The summed E-state index contributed by atoms with van der Waals surface area (Å²) in [7, 11) is 0. The molecule has 0 N–H and O–H groups in total. The van der Waals surface area contributed by atoms with Crippen LogP contribution in [0.25, 0.3) is 0 Å². The number of halogens is 1. The first-order chi connectivity index (χ1) is 4.86. The number of rotatable bonds is 2. The fourth-order valence-electron chi connectivity index (χ4n) is 0.750. The van der Waals surface area contributed by atoms with Crippen molar-refractivity contribution in [1.82, 2.24) is 0 Å². The van der Waals surface area contributed by atoms with Crippen LogP contribution in [0.2, 0.25) is 0 Å². The van der Waals surface area contributed by atoms with E-state index in [0.717, 1.165) is 11.8 Å². The molecule has 0 atom stereocenters. The zero-order chi connectivity index (χ0) is 7.40. The van der Waals surface area contributed by atoms with Gasteiger partial charge < -0.3 is 0 Å². The minimum absolute atomic E-state index is 0.460. The summed E-state index contributed by atoms with van der Waals surface area (Å²) in [6.07, 6.45) is 0.816. The van der Waals surface area contributed by atoms with Crippen molar-refractivity contribution in [3.63, 3.8) is 0 Å². The Labute approximate surface area is 64.6 Å². The van der Waals surface area contributed by atoms with E-state index in [2.05, 4.69) is 0 Å². The first-order valence-electron chi connectivity index (χ1n) is 2.97. The molecule has 0 fully saturated rings. The van der Waals surface area contributed by atoms with E-state index in [-0.39, 0.29) is 0 Å². The topological polar surface area (TPSA) is 17.1 Å². The van der Waals surface area contributed by atoms with Crippen LogP contribution in [-0.2, 0) is 5.88 Å². The Morgan fingerprint density at radius 3 is 2.90 bits per heavy atom. The molecule has 0 aliphatic rings. The highest BCUT2D eigenvalue weighted by molar-refractivity contribution is 6.17. The Bertz CT molecular complexity index is 232. The summed E-state index contributed by atoms with van der Waals surface area (Å²) >= 11 is 5.54. The third-order valence-corrected chi connectivity index (χ3v) is 1.55. The van der Waals surface area contributed by atoms with Gasteiger partial charge in [0.2, 0.25) is 0 Å². The number of aldehydes is 1. The standard InChI is InChI=1S/C8H7ClO/c9-5-7-2-1-3-8(4-7)6-10/h1-4,6H,5H2. The third-order valence-electron chi connectivity index (χ3n) is 1.24. The molecule has 0 amide bonds. The van der Waals surface area contributed by atoms with Crippen LogP contribution < -0.4 is 0 Å². The van der Waals surface area contributed by atoms with E-state index in [1.165, 1.54) is 0 Å². The number of hydrogen-bond donors (Lipinski definition) is 0. The Morgan fingerprint density at radius 2 is 2.30 bits per heavy atom. The normalized spacial score (nSPS) is 9.30. The lowest BCUT2D eigenvalue weighted by Gasteiger charge is -1.93. The Morgan fingerprint density at radius 1 is 1.50 bits per heavy atom. The van der Waals surface area contributed by atoms with Gasteiger partial charge in [0.25, 0.3) is 0 Å². The highest BCUT2D eigenvalue weighted by Crippen LogP contribution is 2.05. The molecule has 1 aromatic rings. The predicted octanol–water partition coefficient (Wildman–Crippen LogP) is 2.24. The molecule has 1 aromatic carbocycles. The van der Waals surface area contributed by atoms with Gasteiger partial charge in [0, 0.05) is 11.4 Å². The van der Waals surface area contributed by atoms with Crippen LogP contribution in [0.4, 0.5) is 0 Å². The van der Waals surface area contributed by atoms with Gasteiger partial charge in [-0.05, 0) is 11.6 Å². The van der Waals surface area contributed by atoms with E-state index in [0.29, 0.717) is 11.4 Å². The first-order valence-corrected chi connectivity index (χ1v) is 3.50. The molecule has 0 heterocycles. The average Bonchev–Trinajstić information content (AvgIpc) is 2.05. The minimum atomic E-state index is 0.460. The van der Waals surface area contributed by atoms with Crippen LogP contribution in [0.1, 0.15) is 15.9 Å². The smallest absolute Gasteiger partial charge is 0.150 e. The molecule has 2 heteroatoms.